The van der Waals surface area contributed by atoms with Gasteiger partial charge in [0.25, 0.3) is 0 Å². The summed E-state index contributed by atoms with van der Waals surface area (Å²) in [5, 5.41) is 0. The molecule has 122 valence electrons. The van der Waals surface area contributed by atoms with Crippen molar-refractivity contribution in [1.29, 1.82) is 0 Å². The third-order valence-corrected chi connectivity index (χ3v) is 4.61. The summed E-state index contributed by atoms with van der Waals surface area (Å²) in [5.74, 6) is -0.344. The van der Waals surface area contributed by atoms with Crippen molar-refractivity contribution in [3.05, 3.63) is 12.7 Å². The molecule has 2 N–H and O–H groups in total. The summed E-state index contributed by atoms with van der Waals surface area (Å²) < 4.78 is 0. The van der Waals surface area contributed by atoms with Gasteiger partial charge in [-0.2, -0.15) is 0 Å². The lowest BCUT2D eigenvalue weighted by atomic mass is 9.92. The van der Waals surface area contributed by atoms with E-state index < -0.39 is 11.9 Å². The Morgan fingerprint density at radius 3 is 2.41 bits per heavy atom. The van der Waals surface area contributed by atoms with Crippen LogP contribution in [-0.4, -0.2) is 71.3 Å². The van der Waals surface area contributed by atoms with E-state index >= 15 is 0 Å². The number of carbonyl (C=O) groups excluding carboxylic acids is 3. The van der Waals surface area contributed by atoms with E-state index in [9.17, 15) is 14.4 Å². The molecule has 0 saturated carbocycles. The molecule has 7 nitrogen and oxygen atoms in total. The van der Waals surface area contributed by atoms with Crippen molar-refractivity contribution in [2.45, 2.75) is 25.9 Å². The summed E-state index contributed by atoms with van der Waals surface area (Å²) >= 11 is 0. The largest absolute Gasteiger partial charge is 0.368 e. The summed E-state index contributed by atoms with van der Waals surface area (Å²) in [6, 6.07) is -0.801. The van der Waals surface area contributed by atoms with Gasteiger partial charge in [-0.3, -0.25) is 9.59 Å². The standard InChI is InChI=1S/C15H24N4O3/c1-5-12(20)18-6-10-7-19(11(10)8-18)15(22)17(4)13(9(2)3)14(16)21/h5,9-11,13H,1,6-8H2,2-4H3,(H2,16,21)/t10-,11-,13-/m0/s1. The van der Waals surface area contributed by atoms with E-state index in [0.717, 1.165) is 0 Å². The molecule has 0 aliphatic carbocycles. The molecule has 2 rings (SSSR count). The molecule has 0 unspecified atom stereocenters. The Morgan fingerprint density at radius 2 is 1.91 bits per heavy atom. The van der Waals surface area contributed by atoms with Gasteiger partial charge in [-0.25, -0.2) is 4.79 Å². The number of carbonyl (C=O) groups is 3. The van der Waals surface area contributed by atoms with E-state index in [-0.39, 0.29) is 23.9 Å². The predicted octanol–water partition coefficient (Wildman–Crippen LogP) is -0.123. The Kier molecular flexibility index (Phi) is 4.44. The normalized spacial score (nSPS) is 24.5. The quantitative estimate of drug-likeness (QED) is 0.734. The fourth-order valence-electron chi connectivity index (χ4n) is 3.45. The monoisotopic (exact) mass is 308 g/mol. The number of likely N-dealkylation sites (tertiary alicyclic amines) is 2. The van der Waals surface area contributed by atoms with Crippen LogP contribution in [0, 0.1) is 11.8 Å². The lowest BCUT2D eigenvalue weighted by molar-refractivity contribution is -0.125. The van der Waals surface area contributed by atoms with Crippen LogP contribution in [-0.2, 0) is 9.59 Å². The topological polar surface area (TPSA) is 87.0 Å². The molecule has 0 bridgehead atoms. The second kappa shape index (κ2) is 5.98. The number of fused-ring (bicyclic) bond motifs is 1. The van der Waals surface area contributed by atoms with Crippen LogP contribution in [0.2, 0.25) is 0 Å². The SMILES string of the molecule is C=CC(=O)N1C[C@H]2CN(C(=O)N(C)[C@H](C(N)=O)C(C)C)[C@H]2C1. The Balaban J connectivity index is 2.02. The maximum absolute atomic E-state index is 12.6. The number of hydrogen-bond acceptors (Lipinski definition) is 3. The first-order valence-corrected chi connectivity index (χ1v) is 7.52. The molecular formula is C15H24N4O3. The van der Waals surface area contributed by atoms with Crippen LogP contribution in [0.5, 0.6) is 0 Å². The maximum atomic E-state index is 12.6. The molecule has 0 radical (unpaired) electrons. The maximum Gasteiger partial charge on any atom is 0.320 e. The molecule has 0 aromatic heterocycles. The molecule has 2 fully saturated rings. The van der Waals surface area contributed by atoms with Gasteiger partial charge in [-0.15, -0.1) is 0 Å². The number of primary amides is 1. The van der Waals surface area contributed by atoms with Crippen molar-refractivity contribution < 1.29 is 14.4 Å². The highest BCUT2D eigenvalue weighted by Gasteiger charge is 2.50. The van der Waals surface area contributed by atoms with E-state index in [1.54, 1.807) is 16.8 Å². The molecule has 7 heteroatoms. The fourth-order valence-corrected chi connectivity index (χ4v) is 3.45. The molecule has 2 heterocycles. The molecular weight excluding hydrogens is 284 g/mol. The highest BCUT2D eigenvalue weighted by Crippen LogP contribution is 2.33. The second-order valence-electron chi connectivity index (χ2n) is 6.41. The van der Waals surface area contributed by atoms with Gasteiger partial charge in [0, 0.05) is 32.6 Å². The lowest BCUT2D eigenvalue weighted by Crippen LogP contribution is -2.63. The van der Waals surface area contributed by atoms with Crippen LogP contribution in [0.15, 0.2) is 12.7 Å². The molecule has 0 spiro atoms. The molecule has 4 amide bonds. The van der Waals surface area contributed by atoms with Crippen molar-refractivity contribution in [2.24, 2.45) is 17.6 Å². The predicted molar refractivity (Wildman–Crippen MR) is 81.7 cm³/mol. The number of rotatable bonds is 4. The zero-order valence-electron chi connectivity index (χ0n) is 13.4. The summed E-state index contributed by atoms with van der Waals surface area (Å²) in [4.78, 5) is 40.7. The molecule has 2 aliphatic rings. The van der Waals surface area contributed by atoms with E-state index in [1.165, 1.54) is 11.0 Å². The fraction of sp³-hybridized carbons (Fsp3) is 0.667. The Labute approximate surface area is 130 Å². The summed E-state index contributed by atoms with van der Waals surface area (Å²) in [5.41, 5.74) is 5.41. The Morgan fingerprint density at radius 1 is 1.27 bits per heavy atom. The van der Waals surface area contributed by atoms with Crippen molar-refractivity contribution in [3.8, 4) is 0 Å². The van der Waals surface area contributed by atoms with E-state index in [1.807, 2.05) is 13.8 Å². The van der Waals surface area contributed by atoms with Crippen LogP contribution < -0.4 is 5.73 Å². The van der Waals surface area contributed by atoms with Crippen LogP contribution in [0.4, 0.5) is 4.79 Å². The summed E-state index contributed by atoms with van der Waals surface area (Å²) in [7, 11) is 1.60. The van der Waals surface area contributed by atoms with Gasteiger partial charge in [0.1, 0.15) is 6.04 Å². The molecule has 2 aliphatic heterocycles. The Hall–Kier alpha value is -2.05. The van der Waals surface area contributed by atoms with Gasteiger partial charge < -0.3 is 20.4 Å². The third-order valence-electron chi connectivity index (χ3n) is 4.61. The summed E-state index contributed by atoms with van der Waals surface area (Å²) in [6.07, 6.45) is 1.30. The van der Waals surface area contributed by atoms with Crippen molar-refractivity contribution in [1.82, 2.24) is 14.7 Å². The van der Waals surface area contributed by atoms with Gasteiger partial charge in [-0.1, -0.05) is 20.4 Å². The zero-order chi connectivity index (χ0) is 16.6. The molecule has 2 saturated heterocycles. The Bertz CT molecular complexity index is 505. The minimum Gasteiger partial charge on any atom is -0.368 e. The third kappa shape index (κ3) is 2.67. The number of amides is 4. The minimum atomic E-state index is -0.626. The van der Waals surface area contributed by atoms with Gasteiger partial charge in [0.15, 0.2) is 0 Å². The van der Waals surface area contributed by atoms with Crippen LogP contribution >= 0.6 is 0 Å². The number of urea groups is 1. The zero-order valence-corrected chi connectivity index (χ0v) is 13.4. The molecule has 3 atom stereocenters. The molecule has 22 heavy (non-hydrogen) atoms. The first-order chi connectivity index (χ1) is 10.3. The highest BCUT2D eigenvalue weighted by molar-refractivity contribution is 5.88. The van der Waals surface area contributed by atoms with E-state index in [2.05, 4.69) is 6.58 Å². The van der Waals surface area contributed by atoms with E-state index in [4.69, 9.17) is 5.73 Å². The number of hydrogen-bond donors (Lipinski definition) is 1. The van der Waals surface area contributed by atoms with Crippen molar-refractivity contribution >= 4 is 17.8 Å². The highest BCUT2D eigenvalue weighted by atomic mass is 16.2. The van der Waals surface area contributed by atoms with Gasteiger partial charge in [0.2, 0.25) is 11.8 Å². The average Bonchev–Trinajstić information content (AvgIpc) is 2.74. The van der Waals surface area contributed by atoms with Crippen LogP contribution in [0.1, 0.15) is 13.8 Å². The lowest BCUT2D eigenvalue weighted by Gasteiger charge is -2.46. The van der Waals surface area contributed by atoms with Crippen LogP contribution in [0.3, 0.4) is 0 Å². The smallest absolute Gasteiger partial charge is 0.320 e. The molecule has 0 aromatic rings. The molecule has 0 aromatic carbocycles. The minimum absolute atomic E-state index is 0.0274. The van der Waals surface area contributed by atoms with Crippen molar-refractivity contribution in [2.75, 3.05) is 26.7 Å². The van der Waals surface area contributed by atoms with E-state index in [0.29, 0.717) is 25.6 Å². The van der Waals surface area contributed by atoms with Crippen LogP contribution in [0.25, 0.3) is 0 Å². The van der Waals surface area contributed by atoms with Gasteiger partial charge in [0.05, 0.1) is 6.04 Å². The van der Waals surface area contributed by atoms with Gasteiger partial charge in [-0.05, 0) is 12.0 Å². The number of nitrogens with zero attached hydrogens (tertiary/aromatic N) is 3. The first-order valence-electron chi connectivity index (χ1n) is 7.52. The summed E-state index contributed by atoms with van der Waals surface area (Å²) in [6.45, 7) is 9.00. The number of likely N-dealkylation sites (N-methyl/N-ethyl adjacent to an activating group) is 1. The van der Waals surface area contributed by atoms with Crippen molar-refractivity contribution in [3.63, 3.8) is 0 Å². The first kappa shape index (κ1) is 16.3. The van der Waals surface area contributed by atoms with Gasteiger partial charge >= 0.3 is 6.03 Å². The average molecular weight is 308 g/mol. The second-order valence-corrected chi connectivity index (χ2v) is 6.41. The number of nitrogens with two attached hydrogens (primary N) is 1.